The zero-order chi connectivity index (χ0) is 61.2. The van der Waals surface area contributed by atoms with E-state index in [-0.39, 0.29) is 32.0 Å². The van der Waals surface area contributed by atoms with Crippen LogP contribution in [0.5, 0.6) is 0 Å². The summed E-state index contributed by atoms with van der Waals surface area (Å²) in [6.07, 6.45) is 80.7. The van der Waals surface area contributed by atoms with Crippen LogP contribution in [0.25, 0.3) is 0 Å². The number of likely N-dealkylation sites (N-methyl/N-ethyl adjacent to an activating group) is 1. The van der Waals surface area contributed by atoms with Crippen molar-refractivity contribution < 1.29 is 42.1 Å². The number of carbonyl (C=O) groups excluding carboxylic acids is 2. The van der Waals surface area contributed by atoms with Crippen molar-refractivity contribution in [2.75, 3.05) is 47.5 Å². The van der Waals surface area contributed by atoms with Gasteiger partial charge in [0.15, 0.2) is 6.10 Å². The normalized spacial score (nSPS) is 13.0. The molecule has 0 heterocycles. The average Bonchev–Trinajstić information content (AvgIpc) is 3.61. The van der Waals surface area contributed by atoms with Gasteiger partial charge in [-0.2, -0.15) is 0 Å². The van der Waals surface area contributed by atoms with E-state index in [1.807, 2.05) is 21.1 Å². The Morgan fingerprint density at radius 3 is 0.762 bits per heavy atom. The number of hydrogen-bond acceptors (Lipinski definition) is 8. The maximum atomic E-state index is 12.9. The molecule has 0 saturated heterocycles. The van der Waals surface area contributed by atoms with Gasteiger partial charge in [-0.3, -0.25) is 14.2 Å². The van der Waals surface area contributed by atoms with Crippen LogP contribution in [0.4, 0.5) is 0 Å². The van der Waals surface area contributed by atoms with Crippen molar-refractivity contribution >= 4 is 19.8 Å². The minimum absolute atomic E-state index is 0.0247. The van der Waals surface area contributed by atoms with Crippen LogP contribution >= 0.6 is 7.82 Å². The Balaban J connectivity index is 3.91. The molecule has 0 rings (SSSR count). The Kier molecular flexibility index (Phi) is 65.6. The van der Waals surface area contributed by atoms with E-state index < -0.39 is 26.5 Å². The molecule has 0 N–H and O–H groups in total. The first-order chi connectivity index (χ1) is 41.0. The van der Waals surface area contributed by atoms with Gasteiger partial charge >= 0.3 is 11.9 Å². The second-order valence-corrected chi connectivity index (χ2v) is 28.8. The van der Waals surface area contributed by atoms with Crippen molar-refractivity contribution in [3.8, 4) is 0 Å². The maximum absolute atomic E-state index is 12.9. The smallest absolute Gasteiger partial charge is 0.306 e. The molecule has 9 nitrogen and oxygen atoms in total. The number of phosphoric acid groups is 1. The largest absolute Gasteiger partial charge is 0.756 e. The summed E-state index contributed by atoms with van der Waals surface area (Å²) in [5.74, 6) is -0.802. The Morgan fingerprint density at radius 2 is 0.536 bits per heavy atom. The highest BCUT2D eigenvalue weighted by Crippen LogP contribution is 2.38. The van der Waals surface area contributed by atoms with E-state index in [4.69, 9.17) is 18.5 Å². The summed E-state index contributed by atoms with van der Waals surface area (Å²) in [5.41, 5.74) is 0. The number of hydrogen-bond donors (Lipinski definition) is 0. The fraction of sp³-hybridized carbons (Fsp3) is 0.973. The molecule has 0 amide bonds. The van der Waals surface area contributed by atoms with Crippen molar-refractivity contribution in [2.24, 2.45) is 0 Å². The average molecular weight is 1210 g/mol. The van der Waals surface area contributed by atoms with Gasteiger partial charge in [-0.1, -0.05) is 386 Å². The molecule has 84 heavy (non-hydrogen) atoms. The van der Waals surface area contributed by atoms with Gasteiger partial charge in [0.2, 0.25) is 0 Å². The minimum Gasteiger partial charge on any atom is -0.756 e. The summed E-state index contributed by atoms with van der Waals surface area (Å²) >= 11 is 0. The molecule has 2 unspecified atom stereocenters. The Labute approximate surface area is 524 Å². The summed E-state index contributed by atoms with van der Waals surface area (Å²) in [6, 6.07) is 0. The van der Waals surface area contributed by atoms with E-state index in [1.54, 1.807) is 0 Å². The van der Waals surface area contributed by atoms with Crippen molar-refractivity contribution in [1.29, 1.82) is 0 Å². The summed E-state index contributed by atoms with van der Waals surface area (Å²) in [7, 11) is 1.20. The molecule has 0 bridgehead atoms. The van der Waals surface area contributed by atoms with Gasteiger partial charge < -0.3 is 27.9 Å². The van der Waals surface area contributed by atoms with E-state index in [0.717, 1.165) is 32.1 Å². The zero-order valence-electron chi connectivity index (χ0n) is 57.4. The number of carbonyl (C=O) groups is 2. The minimum atomic E-state index is -4.64. The molecule has 0 fully saturated rings. The first-order valence-electron chi connectivity index (χ1n) is 37.7. The third-order valence-electron chi connectivity index (χ3n) is 17.6. The Bertz CT molecular complexity index is 1370. The van der Waals surface area contributed by atoms with Crippen LogP contribution in [-0.4, -0.2) is 70.0 Å². The van der Waals surface area contributed by atoms with E-state index >= 15 is 0 Å². The molecule has 0 radical (unpaired) electrons. The lowest BCUT2D eigenvalue weighted by Gasteiger charge is -2.28. The monoisotopic (exact) mass is 1210 g/mol. The number of quaternary nitrogens is 1. The fourth-order valence-electron chi connectivity index (χ4n) is 11.8. The third-order valence-corrected chi connectivity index (χ3v) is 18.6. The molecule has 0 spiro atoms. The van der Waals surface area contributed by atoms with Gasteiger partial charge in [0.1, 0.15) is 19.8 Å². The second kappa shape index (κ2) is 66.4. The standard InChI is InChI=1S/C74H148NO8P/c1-6-8-10-12-14-16-18-20-22-24-26-28-30-32-34-35-36-37-38-39-40-41-43-45-47-49-51-53-55-57-59-61-63-65-67-74(77)83-72(71-82-84(78,79)81-69-68-75(3,4)5)70-80-73(76)66-64-62-60-58-56-54-52-50-48-46-44-42-33-31-29-27-25-23-21-19-17-15-13-11-9-7-2/h72H,6-71H2,1-5H3. The highest BCUT2D eigenvalue weighted by atomic mass is 31.2. The Morgan fingerprint density at radius 1 is 0.321 bits per heavy atom. The van der Waals surface area contributed by atoms with Gasteiger partial charge in [0.25, 0.3) is 7.82 Å². The number of ether oxygens (including phenoxy) is 2. The van der Waals surface area contributed by atoms with Crippen molar-refractivity contribution in [3.63, 3.8) is 0 Å². The quantitative estimate of drug-likeness (QED) is 0.0256. The van der Waals surface area contributed by atoms with Gasteiger partial charge in [-0.15, -0.1) is 0 Å². The predicted molar refractivity (Wildman–Crippen MR) is 361 cm³/mol. The maximum Gasteiger partial charge on any atom is 0.306 e. The lowest BCUT2D eigenvalue weighted by molar-refractivity contribution is -0.870. The molecule has 10 heteroatoms. The first kappa shape index (κ1) is 83.0. The van der Waals surface area contributed by atoms with Crippen LogP contribution < -0.4 is 4.89 Å². The van der Waals surface area contributed by atoms with E-state index in [0.29, 0.717) is 17.4 Å². The highest BCUT2D eigenvalue weighted by Gasteiger charge is 2.22. The molecule has 0 aliphatic heterocycles. The van der Waals surface area contributed by atoms with Crippen LogP contribution in [0.1, 0.15) is 412 Å². The topological polar surface area (TPSA) is 111 Å². The summed E-state index contributed by atoms with van der Waals surface area (Å²) in [4.78, 5) is 38.1. The molecule has 0 aromatic heterocycles. The predicted octanol–water partition coefficient (Wildman–Crippen LogP) is 23.9. The molecule has 2 atom stereocenters. The molecule has 0 aliphatic carbocycles. The zero-order valence-corrected chi connectivity index (χ0v) is 58.3. The van der Waals surface area contributed by atoms with Gasteiger partial charge in [0, 0.05) is 12.8 Å². The van der Waals surface area contributed by atoms with E-state index in [2.05, 4.69) is 13.8 Å². The van der Waals surface area contributed by atoms with Crippen molar-refractivity contribution in [2.45, 2.75) is 418 Å². The number of unbranched alkanes of at least 4 members (excludes halogenated alkanes) is 58. The van der Waals surface area contributed by atoms with Crippen LogP contribution in [0.15, 0.2) is 0 Å². The highest BCUT2D eigenvalue weighted by molar-refractivity contribution is 7.45. The van der Waals surface area contributed by atoms with Crippen LogP contribution in [-0.2, 0) is 32.7 Å². The number of phosphoric ester groups is 1. The second-order valence-electron chi connectivity index (χ2n) is 27.4. The molecule has 0 aliphatic rings. The molecular formula is C74H148NO8P. The lowest BCUT2D eigenvalue weighted by Crippen LogP contribution is -2.37. The molecule has 0 saturated carbocycles. The summed E-state index contributed by atoms with van der Waals surface area (Å²) < 4.78 is 34.4. The number of esters is 2. The van der Waals surface area contributed by atoms with Gasteiger partial charge in [-0.05, 0) is 12.8 Å². The van der Waals surface area contributed by atoms with Crippen LogP contribution in [0.2, 0.25) is 0 Å². The molecule has 502 valence electrons. The SMILES string of the molecule is CCCCCCCCCCCCCCCCCCCCCCCCCCCCCCCCCCCCC(=O)OC(COC(=O)CCCCCCCCCCCCCCCCCCCCCCCCCCCC)COP(=O)([O-])OCC[N+](C)(C)C. The van der Waals surface area contributed by atoms with E-state index in [1.165, 1.54) is 347 Å². The van der Waals surface area contributed by atoms with Crippen LogP contribution in [0, 0.1) is 0 Å². The fourth-order valence-corrected chi connectivity index (χ4v) is 12.6. The lowest BCUT2D eigenvalue weighted by atomic mass is 10.0. The molecular weight excluding hydrogens is 1060 g/mol. The van der Waals surface area contributed by atoms with Crippen molar-refractivity contribution in [1.82, 2.24) is 0 Å². The first-order valence-corrected chi connectivity index (χ1v) is 39.2. The number of rotatable bonds is 72. The van der Waals surface area contributed by atoms with Gasteiger partial charge in [-0.25, -0.2) is 0 Å². The summed E-state index contributed by atoms with van der Waals surface area (Å²) in [6.45, 7) is 4.34. The van der Waals surface area contributed by atoms with Crippen molar-refractivity contribution in [3.05, 3.63) is 0 Å². The molecule has 0 aromatic carbocycles. The Hall–Kier alpha value is -0.990. The van der Waals surface area contributed by atoms with E-state index in [9.17, 15) is 19.0 Å². The summed E-state index contributed by atoms with van der Waals surface area (Å²) in [5, 5.41) is 0. The third kappa shape index (κ3) is 70.1. The van der Waals surface area contributed by atoms with Crippen LogP contribution in [0.3, 0.4) is 0 Å². The molecule has 0 aromatic rings. The van der Waals surface area contributed by atoms with Gasteiger partial charge in [0.05, 0.1) is 27.7 Å². The number of nitrogens with zero attached hydrogens (tertiary/aromatic N) is 1.